The predicted octanol–water partition coefficient (Wildman–Crippen LogP) is 6.60. The molecule has 4 rings (SSSR count). The monoisotopic (exact) mass is 503 g/mol. The maximum atomic E-state index is 14.0. The Morgan fingerprint density at radius 2 is 2.03 bits per heavy atom. The van der Waals surface area contributed by atoms with Gasteiger partial charge in [0.2, 0.25) is 5.91 Å². The Labute approximate surface area is 206 Å². The van der Waals surface area contributed by atoms with Crippen LogP contribution in [0.1, 0.15) is 77.8 Å². The predicted molar refractivity (Wildman–Crippen MR) is 130 cm³/mol. The van der Waals surface area contributed by atoms with Crippen molar-refractivity contribution in [1.82, 2.24) is 9.97 Å². The molecule has 0 bridgehead atoms. The lowest BCUT2D eigenvalue weighted by atomic mass is 9.81. The quantitative estimate of drug-likeness (QED) is 0.412. The molecule has 0 aliphatic heterocycles. The van der Waals surface area contributed by atoms with Crippen LogP contribution in [-0.2, 0) is 30.4 Å². The molecule has 9 heteroatoms. The number of aromatic nitrogens is 2. The smallest absolute Gasteiger partial charge is 0.434 e. The Hall–Kier alpha value is -2.94. The standard InChI is InChI=1S/C26H28F3N3O2S/c1-4-23-31-24(26(27,28)29)22(35-23)14-32(16-11-12-20(15(2)3)30-13-16)25(34)19-9-5-8-18-17(19)7-6-10-21(18)33/h6-7,10-13,15,19,33H,4-5,8-9,14H2,1-3H3. The number of hydrogen-bond acceptors (Lipinski definition) is 5. The number of rotatable bonds is 6. The minimum Gasteiger partial charge on any atom is -0.508 e. The lowest BCUT2D eigenvalue weighted by molar-refractivity contribution is -0.141. The fourth-order valence-corrected chi connectivity index (χ4v) is 5.51. The van der Waals surface area contributed by atoms with Gasteiger partial charge in [-0.05, 0) is 60.9 Å². The molecule has 1 aromatic carbocycles. The zero-order valence-corrected chi connectivity index (χ0v) is 20.7. The average Bonchev–Trinajstić information content (AvgIpc) is 3.26. The van der Waals surface area contributed by atoms with E-state index in [0.29, 0.717) is 36.4 Å². The van der Waals surface area contributed by atoms with Gasteiger partial charge in [0.15, 0.2) is 5.69 Å². The Morgan fingerprint density at radius 1 is 1.26 bits per heavy atom. The number of halogens is 3. The number of benzene rings is 1. The van der Waals surface area contributed by atoms with Crippen molar-refractivity contribution in [3.05, 3.63) is 68.9 Å². The highest BCUT2D eigenvalue weighted by Crippen LogP contribution is 2.40. The molecule has 1 amide bonds. The van der Waals surface area contributed by atoms with E-state index in [2.05, 4.69) is 9.97 Å². The van der Waals surface area contributed by atoms with E-state index in [1.165, 1.54) is 4.90 Å². The summed E-state index contributed by atoms with van der Waals surface area (Å²) in [5.41, 5.74) is 1.79. The van der Waals surface area contributed by atoms with Gasteiger partial charge in [0.1, 0.15) is 5.75 Å². The van der Waals surface area contributed by atoms with Crippen LogP contribution in [0.3, 0.4) is 0 Å². The second-order valence-corrected chi connectivity index (χ2v) is 10.2. The van der Waals surface area contributed by atoms with Crippen molar-refractivity contribution in [2.24, 2.45) is 0 Å². The molecule has 0 saturated heterocycles. The van der Waals surface area contributed by atoms with E-state index in [9.17, 15) is 23.1 Å². The number of phenolic OH excluding ortho intramolecular Hbond substituents is 1. The number of aryl methyl sites for hydroxylation is 1. The summed E-state index contributed by atoms with van der Waals surface area (Å²) in [7, 11) is 0. The third kappa shape index (κ3) is 5.19. The van der Waals surface area contributed by atoms with E-state index in [1.807, 2.05) is 19.9 Å². The van der Waals surface area contributed by atoms with Gasteiger partial charge in [-0.2, -0.15) is 13.2 Å². The largest absolute Gasteiger partial charge is 0.508 e. The first-order valence-electron chi connectivity index (χ1n) is 11.7. The van der Waals surface area contributed by atoms with Crippen molar-refractivity contribution in [3.8, 4) is 5.75 Å². The van der Waals surface area contributed by atoms with Crippen LogP contribution in [-0.4, -0.2) is 21.0 Å². The third-order valence-corrected chi connectivity index (χ3v) is 7.52. The summed E-state index contributed by atoms with van der Waals surface area (Å²) in [6.07, 6.45) is -0.775. The second-order valence-electron chi connectivity index (χ2n) is 9.04. The molecule has 0 spiro atoms. The number of pyridine rings is 1. The van der Waals surface area contributed by atoms with Crippen molar-refractivity contribution in [2.75, 3.05) is 4.90 Å². The molecule has 0 radical (unpaired) electrons. The second kappa shape index (κ2) is 9.97. The molecule has 2 heterocycles. The summed E-state index contributed by atoms with van der Waals surface area (Å²) in [5, 5.41) is 10.7. The first-order valence-corrected chi connectivity index (χ1v) is 12.6. The summed E-state index contributed by atoms with van der Waals surface area (Å²) in [6, 6.07) is 8.65. The molecule has 1 N–H and O–H groups in total. The van der Waals surface area contributed by atoms with E-state index >= 15 is 0 Å². The zero-order valence-electron chi connectivity index (χ0n) is 19.9. The van der Waals surface area contributed by atoms with Gasteiger partial charge in [-0.1, -0.05) is 32.9 Å². The molecule has 1 aliphatic carbocycles. The van der Waals surface area contributed by atoms with E-state index in [0.717, 1.165) is 28.2 Å². The van der Waals surface area contributed by atoms with Crippen LogP contribution < -0.4 is 4.90 Å². The van der Waals surface area contributed by atoms with E-state index in [-0.39, 0.29) is 29.0 Å². The third-order valence-electron chi connectivity index (χ3n) is 6.33. The van der Waals surface area contributed by atoms with Crippen LogP contribution in [0.15, 0.2) is 36.5 Å². The van der Waals surface area contributed by atoms with Crippen LogP contribution in [0.4, 0.5) is 18.9 Å². The van der Waals surface area contributed by atoms with Gasteiger partial charge in [-0.15, -0.1) is 11.3 Å². The zero-order chi connectivity index (χ0) is 25.3. The topological polar surface area (TPSA) is 66.3 Å². The number of thiazole rings is 1. The number of amides is 1. The summed E-state index contributed by atoms with van der Waals surface area (Å²) >= 11 is 0.984. The molecule has 35 heavy (non-hydrogen) atoms. The highest BCUT2D eigenvalue weighted by molar-refractivity contribution is 7.11. The lowest BCUT2D eigenvalue weighted by Crippen LogP contribution is -2.36. The van der Waals surface area contributed by atoms with Crippen molar-refractivity contribution in [2.45, 2.75) is 71.0 Å². The van der Waals surface area contributed by atoms with E-state index in [1.54, 1.807) is 37.4 Å². The Balaban J connectivity index is 1.77. The van der Waals surface area contributed by atoms with E-state index in [4.69, 9.17) is 0 Å². The Morgan fingerprint density at radius 3 is 2.66 bits per heavy atom. The number of fused-ring (bicyclic) bond motifs is 1. The maximum Gasteiger partial charge on any atom is 0.434 e. The first-order chi connectivity index (χ1) is 16.6. The van der Waals surface area contributed by atoms with Crippen LogP contribution in [0.25, 0.3) is 0 Å². The molecule has 0 fully saturated rings. The summed E-state index contributed by atoms with van der Waals surface area (Å²) in [4.78, 5) is 23.6. The molecular weight excluding hydrogens is 475 g/mol. The first kappa shape index (κ1) is 25.2. The fourth-order valence-electron chi connectivity index (χ4n) is 4.49. The van der Waals surface area contributed by atoms with Gasteiger partial charge in [-0.25, -0.2) is 4.98 Å². The number of carbonyl (C=O) groups is 1. The van der Waals surface area contributed by atoms with Crippen molar-refractivity contribution in [3.63, 3.8) is 0 Å². The lowest BCUT2D eigenvalue weighted by Gasteiger charge is -2.31. The molecule has 5 nitrogen and oxygen atoms in total. The number of nitrogens with zero attached hydrogens (tertiary/aromatic N) is 3. The van der Waals surface area contributed by atoms with Crippen molar-refractivity contribution in [1.29, 1.82) is 0 Å². The van der Waals surface area contributed by atoms with Gasteiger partial charge in [0.05, 0.1) is 34.2 Å². The van der Waals surface area contributed by atoms with Gasteiger partial charge in [0, 0.05) is 5.69 Å². The van der Waals surface area contributed by atoms with Crippen LogP contribution in [0, 0.1) is 0 Å². The van der Waals surface area contributed by atoms with Gasteiger partial charge in [0.25, 0.3) is 0 Å². The number of carbonyl (C=O) groups excluding carboxylic acids is 1. The Kier molecular flexibility index (Phi) is 7.17. The molecule has 1 unspecified atom stereocenters. The molecule has 1 atom stereocenters. The number of anilines is 1. The highest BCUT2D eigenvalue weighted by Gasteiger charge is 2.39. The van der Waals surface area contributed by atoms with Gasteiger partial charge in [-0.3, -0.25) is 9.78 Å². The normalized spacial score (nSPS) is 15.8. The van der Waals surface area contributed by atoms with Gasteiger partial charge < -0.3 is 10.0 Å². The molecule has 186 valence electrons. The number of phenols is 1. The molecule has 1 aliphatic rings. The number of hydrogen-bond donors (Lipinski definition) is 1. The number of alkyl halides is 3. The molecule has 0 saturated carbocycles. The maximum absolute atomic E-state index is 14.0. The van der Waals surface area contributed by atoms with Crippen molar-refractivity contribution >= 4 is 22.9 Å². The SMILES string of the molecule is CCc1nc(C(F)(F)F)c(CN(C(=O)C2CCCc3c(O)cccc32)c2ccc(C(C)C)nc2)s1. The van der Waals surface area contributed by atoms with Crippen LogP contribution in [0.2, 0.25) is 0 Å². The van der Waals surface area contributed by atoms with Crippen LogP contribution >= 0.6 is 11.3 Å². The van der Waals surface area contributed by atoms with Crippen LogP contribution in [0.5, 0.6) is 5.75 Å². The highest BCUT2D eigenvalue weighted by atomic mass is 32.1. The molecule has 2 aromatic heterocycles. The minimum atomic E-state index is -4.61. The average molecular weight is 504 g/mol. The Bertz CT molecular complexity index is 1210. The summed E-state index contributed by atoms with van der Waals surface area (Å²) in [5.74, 6) is -0.561. The van der Waals surface area contributed by atoms with Crippen molar-refractivity contribution < 1.29 is 23.1 Å². The van der Waals surface area contributed by atoms with E-state index < -0.39 is 17.8 Å². The van der Waals surface area contributed by atoms with Gasteiger partial charge >= 0.3 is 6.18 Å². The minimum absolute atomic E-state index is 0.00239. The molecular formula is C26H28F3N3O2S. The number of aromatic hydroxyl groups is 1. The fraction of sp³-hybridized carbons (Fsp3) is 0.423. The summed E-state index contributed by atoms with van der Waals surface area (Å²) in [6.45, 7) is 5.50. The summed E-state index contributed by atoms with van der Waals surface area (Å²) < 4.78 is 41.4. The molecule has 3 aromatic rings.